The fourth-order valence-corrected chi connectivity index (χ4v) is 4.37. The van der Waals surface area contributed by atoms with Crippen molar-refractivity contribution in [1.82, 2.24) is 20.2 Å². The van der Waals surface area contributed by atoms with Gasteiger partial charge in [0.15, 0.2) is 0 Å². The number of likely N-dealkylation sites (tertiary alicyclic amines) is 1. The third-order valence-electron chi connectivity index (χ3n) is 5.96. The minimum atomic E-state index is -0.491. The molecule has 32 heavy (non-hydrogen) atoms. The zero-order chi connectivity index (χ0) is 22.9. The first-order chi connectivity index (χ1) is 15.2. The maximum atomic E-state index is 12.7. The summed E-state index contributed by atoms with van der Waals surface area (Å²) in [6.07, 6.45) is 2.95. The first-order valence-electron chi connectivity index (χ1n) is 11.1. The summed E-state index contributed by atoms with van der Waals surface area (Å²) in [4.78, 5) is 37.9. The van der Waals surface area contributed by atoms with Gasteiger partial charge in [-0.2, -0.15) is 0 Å². The molecule has 0 radical (unpaired) electrons. The van der Waals surface area contributed by atoms with Gasteiger partial charge >= 0.3 is 6.09 Å². The van der Waals surface area contributed by atoms with Crippen LogP contribution in [0.15, 0.2) is 42.7 Å². The lowest BCUT2D eigenvalue weighted by molar-refractivity contribution is 0.0282. The van der Waals surface area contributed by atoms with Crippen molar-refractivity contribution >= 4 is 17.8 Å². The number of benzene rings is 1. The lowest BCUT2D eigenvalue weighted by Gasteiger charge is -2.26. The number of fused-ring (bicyclic) bond motifs is 1. The average Bonchev–Trinajstić information content (AvgIpc) is 3.33. The Hall–Kier alpha value is -3.16. The molecule has 8 nitrogen and oxygen atoms in total. The zero-order valence-corrected chi connectivity index (χ0v) is 19.1. The Bertz CT molecular complexity index is 961. The number of anilines is 1. The maximum absolute atomic E-state index is 12.7. The molecule has 0 spiro atoms. The molecule has 0 aliphatic carbocycles. The van der Waals surface area contributed by atoms with E-state index in [1.165, 1.54) is 6.20 Å². The molecule has 0 bridgehead atoms. The summed E-state index contributed by atoms with van der Waals surface area (Å²) in [7, 11) is 0. The van der Waals surface area contributed by atoms with Crippen LogP contribution >= 0.6 is 0 Å². The smallest absolute Gasteiger partial charge is 0.410 e. The van der Waals surface area contributed by atoms with Crippen LogP contribution in [-0.2, 0) is 4.74 Å². The van der Waals surface area contributed by atoms with Crippen molar-refractivity contribution in [3.63, 3.8) is 0 Å². The molecule has 1 N–H and O–H groups in total. The number of ether oxygens (including phenoxy) is 1. The van der Waals surface area contributed by atoms with Gasteiger partial charge in [0.2, 0.25) is 0 Å². The highest BCUT2D eigenvalue weighted by atomic mass is 16.6. The Kier molecular flexibility index (Phi) is 6.04. The Labute approximate surface area is 189 Å². The Balaban J connectivity index is 1.36. The SMILES string of the molecule is CC(NC(=O)c1cncc(N2C[C@H]3CN(C(=O)OC(C)(C)C)C[C@H]3C2)n1)c1ccccc1. The van der Waals surface area contributed by atoms with Crippen LogP contribution in [-0.4, -0.2) is 58.6 Å². The van der Waals surface area contributed by atoms with Crippen LogP contribution in [0.2, 0.25) is 0 Å². The van der Waals surface area contributed by atoms with E-state index in [2.05, 4.69) is 20.2 Å². The van der Waals surface area contributed by atoms with Crippen LogP contribution in [0, 0.1) is 11.8 Å². The molecule has 2 saturated heterocycles. The van der Waals surface area contributed by atoms with Gasteiger partial charge in [-0.15, -0.1) is 0 Å². The highest BCUT2D eigenvalue weighted by molar-refractivity contribution is 5.92. The Morgan fingerprint density at radius 1 is 1.06 bits per heavy atom. The van der Waals surface area contributed by atoms with Gasteiger partial charge in [-0.1, -0.05) is 30.3 Å². The highest BCUT2D eigenvalue weighted by Gasteiger charge is 2.43. The molecule has 4 rings (SSSR count). The normalized spacial score (nSPS) is 21.2. The topological polar surface area (TPSA) is 87.7 Å². The third-order valence-corrected chi connectivity index (χ3v) is 5.96. The van der Waals surface area contributed by atoms with E-state index in [9.17, 15) is 9.59 Å². The summed E-state index contributed by atoms with van der Waals surface area (Å²) in [5.74, 6) is 1.18. The van der Waals surface area contributed by atoms with E-state index >= 15 is 0 Å². The molecule has 2 aliphatic heterocycles. The Morgan fingerprint density at radius 2 is 1.72 bits per heavy atom. The molecule has 2 aliphatic rings. The number of amides is 2. The van der Waals surface area contributed by atoms with Gasteiger partial charge in [0.1, 0.15) is 17.1 Å². The minimum absolute atomic E-state index is 0.126. The van der Waals surface area contributed by atoms with Crippen molar-refractivity contribution in [2.45, 2.75) is 39.3 Å². The first-order valence-corrected chi connectivity index (χ1v) is 11.1. The number of carbonyl (C=O) groups excluding carboxylic acids is 2. The van der Waals surface area contributed by atoms with Gasteiger partial charge in [0, 0.05) is 38.0 Å². The number of nitrogens with one attached hydrogen (secondary N) is 1. The molecular formula is C24H31N5O3. The molecule has 8 heteroatoms. The van der Waals surface area contributed by atoms with E-state index in [0.717, 1.165) is 18.7 Å². The van der Waals surface area contributed by atoms with E-state index in [-0.39, 0.29) is 18.0 Å². The van der Waals surface area contributed by atoms with Crippen LogP contribution in [0.25, 0.3) is 0 Å². The minimum Gasteiger partial charge on any atom is -0.444 e. The lowest BCUT2D eigenvalue weighted by Crippen LogP contribution is -2.37. The van der Waals surface area contributed by atoms with E-state index in [1.807, 2.05) is 58.0 Å². The fraction of sp³-hybridized carbons (Fsp3) is 0.500. The van der Waals surface area contributed by atoms with Crippen molar-refractivity contribution in [2.75, 3.05) is 31.1 Å². The number of rotatable bonds is 4. The van der Waals surface area contributed by atoms with Crippen LogP contribution in [0.4, 0.5) is 10.6 Å². The average molecular weight is 438 g/mol. The number of hydrogen-bond acceptors (Lipinski definition) is 6. The van der Waals surface area contributed by atoms with Gasteiger partial charge in [-0.3, -0.25) is 9.78 Å². The monoisotopic (exact) mass is 437 g/mol. The molecule has 0 saturated carbocycles. The molecule has 1 aromatic heterocycles. The predicted molar refractivity (Wildman–Crippen MR) is 121 cm³/mol. The number of carbonyl (C=O) groups is 2. The molecule has 2 aromatic rings. The maximum Gasteiger partial charge on any atom is 0.410 e. The summed E-state index contributed by atoms with van der Waals surface area (Å²) in [6.45, 7) is 10.5. The van der Waals surface area contributed by atoms with Gasteiger partial charge in [0.05, 0.1) is 18.4 Å². The summed E-state index contributed by atoms with van der Waals surface area (Å²) in [5, 5.41) is 2.99. The number of hydrogen-bond donors (Lipinski definition) is 1. The number of aromatic nitrogens is 2. The predicted octanol–water partition coefficient (Wildman–Crippen LogP) is 3.27. The van der Waals surface area contributed by atoms with E-state index < -0.39 is 5.60 Å². The highest BCUT2D eigenvalue weighted by Crippen LogP contribution is 2.33. The molecule has 2 amide bonds. The van der Waals surface area contributed by atoms with E-state index in [1.54, 1.807) is 11.1 Å². The van der Waals surface area contributed by atoms with Crippen molar-refractivity contribution in [1.29, 1.82) is 0 Å². The Morgan fingerprint density at radius 3 is 2.34 bits per heavy atom. The zero-order valence-electron chi connectivity index (χ0n) is 19.1. The van der Waals surface area contributed by atoms with Crippen LogP contribution in [0.1, 0.15) is 49.8 Å². The second kappa shape index (κ2) is 8.76. The summed E-state index contributed by atoms with van der Waals surface area (Å²) in [5.41, 5.74) is 0.847. The molecule has 170 valence electrons. The third kappa shape index (κ3) is 5.00. The quantitative estimate of drug-likeness (QED) is 0.790. The second-order valence-corrected chi connectivity index (χ2v) is 9.68. The summed E-state index contributed by atoms with van der Waals surface area (Å²) >= 11 is 0. The van der Waals surface area contributed by atoms with Crippen molar-refractivity contribution < 1.29 is 14.3 Å². The van der Waals surface area contributed by atoms with E-state index in [4.69, 9.17) is 4.74 Å². The van der Waals surface area contributed by atoms with Crippen molar-refractivity contribution in [3.8, 4) is 0 Å². The van der Waals surface area contributed by atoms with Crippen LogP contribution in [0.3, 0.4) is 0 Å². The van der Waals surface area contributed by atoms with Gasteiger partial charge in [0.25, 0.3) is 5.91 Å². The molecule has 3 atom stereocenters. The van der Waals surface area contributed by atoms with Gasteiger partial charge in [-0.05, 0) is 33.3 Å². The van der Waals surface area contributed by atoms with E-state index in [0.29, 0.717) is 36.4 Å². The van der Waals surface area contributed by atoms with Crippen molar-refractivity contribution in [3.05, 3.63) is 54.0 Å². The second-order valence-electron chi connectivity index (χ2n) is 9.68. The molecule has 2 fully saturated rings. The van der Waals surface area contributed by atoms with Crippen molar-refractivity contribution in [2.24, 2.45) is 11.8 Å². The largest absolute Gasteiger partial charge is 0.444 e. The van der Waals surface area contributed by atoms with Crippen LogP contribution in [0.5, 0.6) is 0 Å². The lowest BCUT2D eigenvalue weighted by atomic mass is 10.0. The number of nitrogens with zero attached hydrogens (tertiary/aromatic N) is 4. The molecular weight excluding hydrogens is 406 g/mol. The molecule has 3 heterocycles. The van der Waals surface area contributed by atoms with Gasteiger partial charge in [-0.25, -0.2) is 9.78 Å². The summed E-state index contributed by atoms with van der Waals surface area (Å²) < 4.78 is 5.51. The standard InChI is InChI=1S/C24H31N5O3/c1-16(17-8-6-5-7-9-17)26-22(30)20-10-25-11-21(27-20)28-12-18-14-29(15-19(18)13-28)23(31)32-24(2,3)4/h5-11,16,18-19H,12-15H2,1-4H3,(H,26,30)/t16?,18-,19+. The molecule has 1 unspecified atom stereocenters. The fourth-order valence-electron chi connectivity index (χ4n) is 4.37. The molecule has 1 aromatic carbocycles. The van der Waals surface area contributed by atoms with Gasteiger partial charge < -0.3 is 19.9 Å². The summed E-state index contributed by atoms with van der Waals surface area (Å²) in [6, 6.07) is 9.69. The first kappa shape index (κ1) is 22.0. The van der Waals surface area contributed by atoms with Crippen LogP contribution < -0.4 is 10.2 Å².